The lowest BCUT2D eigenvalue weighted by Crippen LogP contribution is -2.23. The van der Waals surface area contributed by atoms with E-state index in [0.717, 1.165) is 22.8 Å². The summed E-state index contributed by atoms with van der Waals surface area (Å²) in [4.78, 5) is 9.03. The molecule has 0 radical (unpaired) electrons. The van der Waals surface area contributed by atoms with E-state index in [2.05, 4.69) is 41.4 Å². The molecule has 0 saturated carbocycles. The molecule has 126 valence electrons. The summed E-state index contributed by atoms with van der Waals surface area (Å²) in [5.74, 6) is 0.442. The fourth-order valence-corrected chi connectivity index (χ4v) is 2.91. The van der Waals surface area contributed by atoms with Crippen molar-refractivity contribution in [3.8, 4) is 0 Å². The van der Waals surface area contributed by atoms with Gasteiger partial charge in [-0.25, -0.2) is 4.98 Å². The molecule has 23 heavy (non-hydrogen) atoms. The van der Waals surface area contributed by atoms with Gasteiger partial charge < -0.3 is 11.1 Å². The second kappa shape index (κ2) is 8.63. The van der Waals surface area contributed by atoms with E-state index in [4.69, 9.17) is 5.73 Å². The number of guanidine groups is 1. The summed E-state index contributed by atoms with van der Waals surface area (Å²) in [6, 6.07) is 8.06. The normalized spacial score (nSPS) is 11.9. The molecule has 0 aliphatic carbocycles. The van der Waals surface area contributed by atoms with E-state index >= 15 is 0 Å². The number of halogens is 1. The van der Waals surface area contributed by atoms with Crippen LogP contribution in [0.3, 0.4) is 0 Å². The third-order valence-electron chi connectivity index (χ3n) is 3.13. The Kier molecular flexibility index (Phi) is 7.47. The van der Waals surface area contributed by atoms with Crippen LogP contribution < -0.4 is 11.1 Å². The number of nitrogens with two attached hydrogens (primary N) is 1. The van der Waals surface area contributed by atoms with Crippen LogP contribution in [0.25, 0.3) is 0 Å². The first-order valence-corrected chi connectivity index (χ1v) is 8.31. The van der Waals surface area contributed by atoms with Crippen LogP contribution in [-0.2, 0) is 11.8 Å². The van der Waals surface area contributed by atoms with Gasteiger partial charge in [0.15, 0.2) is 5.96 Å². The molecule has 0 saturated heterocycles. The average molecular weight is 444 g/mol. The molecule has 1 aromatic carbocycles. The number of hydrogen-bond acceptors (Lipinski definition) is 3. The average Bonchev–Trinajstić information content (AvgIpc) is 2.87. The van der Waals surface area contributed by atoms with E-state index in [1.165, 1.54) is 5.56 Å². The molecule has 6 heteroatoms. The second-order valence-corrected chi connectivity index (χ2v) is 7.26. The lowest BCUT2D eigenvalue weighted by atomic mass is 9.98. The molecule has 0 fully saturated rings. The Labute approximate surface area is 159 Å². The summed E-state index contributed by atoms with van der Waals surface area (Å²) < 4.78 is 0. The van der Waals surface area contributed by atoms with Crippen LogP contribution in [0.2, 0.25) is 0 Å². The predicted molar refractivity (Wildman–Crippen MR) is 111 cm³/mol. The van der Waals surface area contributed by atoms with Crippen molar-refractivity contribution in [1.29, 1.82) is 0 Å². The molecule has 3 N–H and O–H groups in total. The Bertz CT molecular complexity index is 659. The quantitative estimate of drug-likeness (QED) is 0.419. The van der Waals surface area contributed by atoms with Crippen molar-refractivity contribution in [2.24, 2.45) is 10.7 Å². The molecule has 2 aromatic rings. The Morgan fingerprint density at radius 2 is 2.09 bits per heavy atom. The molecule has 0 bridgehead atoms. The van der Waals surface area contributed by atoms with Gasteiger partial charge in [-0.1, -0.05) is 32.9 Å². The molecular formula is C17H25IN4S. The standard InChI is InChI=1S/C17H24N4S.HI/c1-12-6-5-7-13(10-12)21-16(18)19-9-8-14-11-22-15(20-14)17(2,3)4;/h5-7,10-11H,8-9H2,1-4H3,(H3,18,19,21);1H. The number of aryl methyl sites for hydroxylation is 1. The topological polar surface area (TPSA) is 63.3 Å². The molecule has 4 nitrogen and oxygen atoms in total. The Balaban J connectivity index is 0.00000264. The van der Waals surface area contributed by atoms with Crippen molar-refractivity contribution in [3.05, 3.63) is 45.9 Å². The zero-order valence-electron chi connectivity index (χ0n) is 14.1. The lowest BCUT2D eigenvalue weighted by Gasteiger charge is -2.13. The molecular weight excluding hydrogens is 419 g/mol. The molecule has 0 aliphatic heterocycles. The number of nitrogens with zero attached hydrogens (tertiary/aromatic N) is 2. The first-order valence-electron chi connectivity index (χ1n) is 7.43. The number of hydrogen-bond donors (Lipinski definition) is 2. The Morgan fingerprint density at radius 1 is 1.35 bits per heavy atom. The smallest absolute Gasteiger partial charge is 0.193 e. The largest absolute Gasteiger partial charge is 0.370 e. The van der Waals surface area contributed by atoms with Crippen molar-refractivity contribution in [2.75, 3.05) is 11.9 Å². The summed E-state index contributed by atoms with van der Waals surface area (Å²) in [5, 5.41) is 6.38. The number of aliphatic imine (C=N–C) groups is 1. The fourth-order valence-electron chi connectivity index (χ4n) is 1.97. The monoisotopic (exact) mass is 444 g/mol. The number of anilines is 1. The maximum atomic E-state index is 5.92. The van der Waals surface area contributed by atoms with Crippen molar-refractivity contribution in [3.63, 3.8) is 0 Å². The summed E-state index contributed by atoms with van der Waals surface area (Å²) in [7, 11) is 0. The summed E-state index contributed by atoms with van der Waals surface area (Å²) in [6.45, 7) is 9.22. The van der Waals surface area contributed by atoms with Gasteiger partial charge in [0.05, 0.1) is 10.7 Å². The van der Waals surface area contributed by atoms with E-state index in [9.17, 15) is 0 Å². The van der Waals surface area contributed by atoms with E-state index in [1.807, 2.05) is 31.2 Å². The van der Waals surface area contributed by atoms with Gasteiger partial charge in [0.1, 0.15) is 0 Å². The SMILES string of the molecule is Cc1cccc(NC(N)=NCCc2csc(C(C)(C)C)n2)c1.I. The molecule has 0 atom stereocenters. The highest BCUT2D eigenvalue weighted by molar-refractivity contribution is 14.0. The third kappa shape index (κ3) is 6.47. The molecule has 2 rings (SSSR count). The highest BCUT2D eigenvalue weighted by Gasteiger charge is 2.17. The molecule has 1 aromatic heterocycles. The van der Waals surface area contributed by atoms with Gasteiger partial charge in [0, 0.05) is 29.4 Å². The van der Waals surface area contributed by atoms with Gasteiger partial charge in [-0.05, 0) is 24.6 Å². The van der Waals surface area contributed by atoms with Gasteiger partial charge in [0.2, 0.25) is 0 Å². The number of rotatable bonds is 4. The van der Waals surface area contributed by atoms with E-state index in [-0.39, 0.29) is 29.4 Å². The van der Waals surface area contributed by atoms with Crippen molar-refractivity contribution in [2.45, 2.75) is 39.5 Å². The zero-order valence-corrected chi connectivity index (χ0v) is 17.2. The Hall–Kier alpha value is -1.15. The maximum Gasteiger partial charge on any atom is 0.193 e. The fraction of sp³-hybridized carbons (Fsp3) is 0.412. The van der Waals surface area contributed by atoms with Crippen LogP contribution >= 0.6 is 35.3 Å². The van der Waals surface area contributed by atoms with Gasteiger partial charge in [0.25, 0.3) is 0 Å². The summed E-state index contributed by atoms with van der Waals surface area (Å²) >= 11 is 1.71. The number of nitrogens with one attached hydrogen (secondary N) is 1. The third-order valence-corrected chi connectivity index (χ3v) is 4.45. The number of benzene rings is 1. The predicted octanol–water partition coefficient (Wildman–Crippen LogP) is 4.34. The van der Waals surface area contributed by atoms with Crippen LogP contribution in [0.4, 0.5) is 5.69 Å². The van der Waals surface area contributed by atoms with E-state index in [0.29, 0.717) is 12.5 Å². The minimum Gasteiger partial charge on any atom is -0.370 e. The van der Waals surface area contributed by atoms with Crippen LogP contribution in [-0.4, -0.2) is 17.5 Å². The molecule has 0 amide bonds. The molecule has 0 aliphatic rings. The van der Waals surface area contributed by atoms with Crippen LogP contribution in [0.1, 0.15) is 37.0 Å². The molecule has 0 spiro atoms. The van der Waals surface area contributed by atoms with Crippen molar-refractivity contribution < 1.29 is 0 Å². The highest BCUT2D eigenvalue weighted by Crippen LogP contribution is 2.25. The van der Waals surface area contributed by atoms with E-state index < -0.39 is 0 Å². The van der Waals surface area contributed by atoms with Gasteiger partial charge in [-0.2, -0.15) is 0 Å². The van der Waals surface area contributed by atoms with Gasteiger partial charge in [-0.3, -0.25) is 4.99 Å². The lowest BCUT2D eigenvalue weighted by molar-refractivity contribution is 0.583. The van der Waals surface area contributed by atoms with Crippen molar-refractivity contribution in [1.82, 2.24) is 4.98 Å². The molecule has 0 unspecified atom stereocenters. The number of thiazole rings is 1. The van der Waals surface area contributed by atoms with Crippen LogP contribution in [0.5, 0.6) is 0 Å². The highest BCUT2D eigenvalue weighted by atomic mass is 127. The number of aromatic nitrogens is 1. The van der Waals surface area contributed by atoms with Crippen LogP contribution in [0, 0.1) is 6.92 Å². The Morgan fingerprint density at radius 3 is 2.70 bits per heavy atom. The second-order valence-electron chi connectivity index (χ2n) is 6.41. The van der Waals surface area contributed by atoms with Gasteiger partial charge >= 0.3 is 0 Å². The first-order chi connectivity index (χ1) is 10.3. The molecule has 1 heterocycles. The minimum absolute atomic E-state index is 0. The first kappa shape index (κ1) is 19.9. The maximum absolute atomic E-state index is 5.92. The van der Waals surface area contributed by atoms with Crippen molar-refractivity contribution >= 4 is 47.0 Å². The minimum atomic E-state index is 0. The summed E-state index contributed by atoms with van der Waals surface area (Å²) in [5.41, 5.74) is 9.26. The van der Waals surface area contributed by atoms with Crippen LogP contribution in [0.15, 0.2) is 34.6 Å². The zero-order chi connectivity index (χ0) is 16.2. The summed E-state index contributed by atoms with van der Waals surface area (Å²) in [6.07, 6.45) is 0.808. The van der Waals surface area contributed by atoms with E-state index in [1.54, 1.807) is 11.3 Å². The van der Waals surface area contributed by atoms with Gasteiger partial charge in [-0.15, -0.1) is 35.3 Å².